The van der Waals surface area contributed by atoms with Crippen molar-refractivity contribution in [3.05, 3.63) is 52.9 Å². The minimum atomic E-state index is -3.59. The second-order valence-electron chi connectivity index (χ2n) is 5.50. The fourth-order valence-corrected chi connectivity index (χ4v) is 4.89. The van der Waals surface area contributed by atoms with Gasteiger partial charge < -0.3 is 5.32 Å². The van der Waals surface area contributed by atoms with Crippen LogP contribution in [-0.4, -0.2) is 14.3 Å². The van der Waals surface area contributed by atoms with Gasteiger partial charge in [0.05, 0.1) is 6.54 Å². The van der Waals surface area contributed by atoms with E-state index in [4.69, 9.17) is 0 Å². The van der Waals surface area contributed by atoms with Gasteiger partial charge in [0.2, 0.25) is 5.91 Å². The lowest BCUT2D eigenvalue weighted by Crippen LogP contribution is -2.28. The number of rotatable bonds is 8. The first kappa shape index (κ1) is 18.6. The number of carbonyl (C=O) groups excluding carboxylic acids is 1. The first-order valence-corrected chi connectivity index (χ1v) is 10.1. The van der Waals surface area contributed by atoms with Crippen molar-refractivity contribution in [2.75, 3.05) is 0 Å². The van der Waals surface area contributed by atoms with E-state index in [1.807, 2.05) is 37.3 Å². The Morgan fingerprint density at radius 2 is 1.88 bits per heavy atom. The first-order chi connectivity index (χ1) is 11.4. The summed E-state index contributed by atoms with van der Waals surface area (Å²) in [7, 11) is -3.59. The summed E-state index contributed by atoms with van der Waals surface area (Å²) in [4.78, 5) is 11.8. The van der Waals surface area contributed by atoms with Crippen LogP contribution in [0.15, 0.2) is 46.7 Å². The molecule has 0 saturated heterocycles. The number of hydrogen-bond donors (Lipinski definition) is 2. The topological polar surface area (TPSA) is 75.3 Å². The molecule has 1 heterocycles. The van der Waals surface area contributed by atoms with Crippen LogP contribution in [0, 0.1) is 0 Å². The van der Waals surface area contributed by atoms with Crippen LogP contribution in [0.25, 0.3) is 0 Å². The predicted octanol–water partition coefficient (Wildman–Crippen LogP) is 3.20. The average molecular weight is 367 g/mol. The Kier molecular flexibility index (Phi) is 6.53. The molecule has 1 aromatic heterocycles. The highest BCUT2D eigenvalue weighted by atomic mass is 32.2. The van der Waals surface area contributed by atoms with Crippen LogP contribution in [0.2, 0.25) is 0 Å². The number of thiophene rings is 1. The Morgan fingerprint density at radius 1 is 1.17 bits per heavy atom. The Balaban J connectivity index is 2.15. The van der Waals surface area contributed by atoms with Gasteiger partial charge in [-0.2, -0.15) is 0 Å². The van der Waals surface area contributed by atoms with E-state index in [-0.39, 0.29) is 16.2 Å². The molecule has 0 aliphatic carbocycles. The van der Waals surface area contributed by atoms with Crippen LogP contribution >= 0.6 is 11.3 Å². The highest BCUT2D eigenvalue weighted by Gasteiger charge is 2.22. The molecule has 0 fully saturated rings. The molecule has 0 aliphatic rings. The molecule has 1 atom stereocenters. The molecule has 1 unspecified atom stereocenters. The SMILES string of the molecule is CCCC(NS(=O)(=O)c1ccc(CNC(C)=O)s1)c1ccccc1. The molecule has 130 valence electrons. The third-order valence-corrected chi connectivity index (χ3v) is 6.54. The minimum Gasteiger partial charge on any atom is -0.351 e. The minimum absolute atomic E-state index is 0.141. The third-order valence-electron chi connectivity index (χ3n) is 3.49. The summed E-state index contributed by atoms with van der Waals surface area (Å²) < 4.78 is 28.4. The normalized spacial score (nSPS) is 12.8. The van der Waals surface area contributed by atoms with E-state index in [2.05, 4.69) is 10.0 Å². The van der Waals surface area contributed by atoms with E-state index in [1.165, 1.54) is 18.3 Å². The number of amides is 1. The quantitative estimate of drug-likeness (QED) is 0.753. The van der Waals surface area contributed by atoms with Crippen LogP contribution < -0.4 is 10.0 Å². The molecule has 0 saturated carbocycles. The molecule has 2 rings (SSSR count). The van der Waals surface area contributed by atoms with Gasteiger partial charge in [-0.05, 0) is 24.1 Å². The van der Waals surface area contributed by atoms with E-state index in [0.717, 1.165) is 23.3 Å². The Bertz CT molecular complexity index is 770. The predicted molar refractivity (Wildman–Crippen MR) is 96.3 cm³/mol. The summed E-state index contributed by atoms with van der Waals surface area (Å²) in [6, 6.07) is 12.6. The second-order valence-corrected chi connectivity index (χ2v) is 8.61. The number of sulfonamides is 1. The maximum atomic E-state index is 12.7. The molecule has 0 aliphatic heterocycles. The van der Waals surface area contributed by atoms with Crippen LogP contribution in [-0.2, 0) is 21.4 Å². The molecule has 0 spiro atoms. The van der Waals surface area contributed by atoms with E-state index in [1.54, 1.807) is 12.1 Å². The molecule has 1 amide bonds. The van der Waals surface area contributed by atoms with Crippen LogP contribution in [0.1, 0.15) is 43.2 Å². The monoisotopic (exact) mass is 366 g/mol. The zero-order valence-corrected chi connectivity index (χ0v) is 15.4. The molecule has 7 heteroatoms. The van der Waals surface area contributed by atoms with Crippen molar-refractivity contribution < 1.29 is 13.2 Å². The third kappa shape index (κ3) is 5.15. The standard InChI is InChI=1S/C17H22N2O3S2/c1-3-7-16(14-8-5-4-6-9-14)19-24(21,22)17-11-10-15(23-17)12-18-13(2)20/h4-6,8-11,16,19H,3,7,12H2,1-2H3,(H,18,20). The zero-order valence-electron chi connectivity index (χ0n) is 13.8. The lowest BCUT2D eigenvalue weighted by Gasteiger charge is -2.18. The van der Waals surface area contributed by atoms with Gasteiger partial charge >= 0.3 is 0 Å². The van der Waals surface area contributed by atoms with Gasteiger partial charge in [0.1, 0.15) is 4.21 Å². The molecule has 2 N–H and O–H groups in total. The van der Waals surface area contributed by atoms with Crippen molar-refractivity contribution in [3.8, 4) is 0 Å². The van der Waals surface area contributed by atoms with Gasteiger partial charge in [-0.1, -0.05) is 43.7 Å². The van der Waals surface area contributed by atoms with Crippen LogP contribution in [0.4, 0.5) is 0 Å². The van der Waals surface area contributed by atoms with Gasteiger partial charge in [-0.15, -0.1) is 11.3 Å². The maximum absolute atomic E-state index is 12.7. The number of carbonyl (C=O) groups is 1. The highest BCUT2D eigenvalue weighted by molar-refractivity contribution is 7.91. The van der Waals surface area contributed by atoms with Crippen molar-refractivity contribution in [2.24, 2.45) is 0 Å². The lowest BCUT2D eigenvalue weighted by atomic mass is 10.0. The van der Waals surface area contributed by atoms with Gasteiger partial charge in [0, 0.05) is 17.8 Å². The molecule has 24 heavy (non-hydrogen) atoms. The molecule has 0 radical (unpaired) electrons. The highest BCUT2D eigenvalue weighted by Crippen LogP contribution is 2.25. The molecule has 1 aromatic carbocycles. The van der Waals surface area contributed by atoms with Gasteiger partial charge in [-0.3, -0.25) is 4.79 Å². The van der Waals surface area contributed by atoms with E-state index in [0.29, 0.717) is 6.54 Å². The zero-order chi connectivity index (χ0) is 17.6. The van der Waals surface area contributed by atoms with Crippen molar-refractivity contribution in [1.82, 2.24) is 10.0 Å². The lowest BCUT2D eigenvalue weighted by molar-refractivity contribution is -0.119. The Morgan fingerprint density at radius 3 is 2.50 bits per heavy atom. The number of nitrogens with one attached hydrogen (secondary N) is 2. The smallest absolute Gasteiger partial charge is 0.250 e. The fraction of sp³-hybridized carbons (Fsp3) is 0.353. The second kappa shape index (κ2) is 8.41. The summed E-state index contributed by atoms with van der Waals surface area (Å²) in [6.45, 7) is 3.80. The van der Waals surface area contributed by atoms with Gasteiger partial charge in [0.15, 0.2) is 0 Å². The average Bonchev–Trinajstić information content (AvgIpc) is 3.03. The number of benzene rings is 1. The first-order valence-electron chi connectivity index (χ1n) is 7.83. The molecule has 0 bridgehead atoms. The summed E-state index contributed by atoms with van der Waals surface area (Å²) in [5, 5.41) is 2.67. The molecular weight excluding hydrogens is 344 g/mol. The van der Waals surface area contributed by atoms with Crippen LogP contribution in [0.3, 0.4) is 0 Å². The van der Waals surface area contributed by atoms with Crippen molar-refractivity contribution >= 4 is 27.3 Å². The molecule has 5 nitrogen and oxygen atoms in total. The maximum Gasteiger partial charge on any atom is 0.250 e. The largest absolute Gasteiger partial charge is 0.351 e. The van der Waals surface area contributed by atoms with Crippen molar-refractivity contribution in [2.45, 2.75) is 43.5 Å². The van der Waals surface area contributed by atoms with E-state index >= 15 is 0 Å². The number of hydrogen-bond acceptors (Lipinski definition) is 4. The Hall–Kier alpha value is -1.70. The summed E-state index contributed by atoms with van der Waals surface area (Å²) in [6.07, 6.45) is 1.60. The molecular formula is C17H22N2O3S2. The van der Waals surface area contributed by atoms with E-state index in [9.17, 15) is 13.2 Å². The molecule has 2 aromatic rings. The van der Waals surface area contributed by atoms with Crippen LogP contribution in [0.5, 0.6) is 0 Å². The fourth-order valence-electron chi connectivity index (χ4n) is 2.32. The van der Waals surface area contributed by atoms with Gasteiger partial charge in [0.25, 0.3) is 10.0 Å². The van der Waals surface area contributed by atoms with Crippen molar-refractivity contribution in [1.29, 1.82) is 0 Å². The Labute approximate surface area is 147 Å². The summed E-state index contributed by atoms with van der Waals surface area (Å²) in [5.74, 6) is -0.141. The van der Waals surface area contributed by atoms with Gasteiger partial charge in [-0.25, -0.2) is 13.1 Å². The van der Waals surface area contributed by atoms with Crippen molar-refractivity contribution in [3.63, 3.8) is 0 Å². The van der Waals surface area contributed by atoms with E-state index < -0.39 is 10.0 Å². The summed E-state index contributed by atoms with van der Waals surface area (Å²) in [5.41, 5.74) is 0.956. The summed E-state index contributed by atoms with van der Waals surface area (Å²) >= 11 is 1.17.